The number of hydrogen-bond acceptors (Lipinski definition) is 1. The van der Waals surface area contributed by atoms with Crippen molar-refractivity contribution in [1.82, 2.24) is 0 Å². The first-order chi connectivity index (χ1) is 9.13. The molecule has 1 atom stereocenters. The van der Waals surface area contributed by atoms with E-state index < -0.39 is 11.9 Å². The van der Waals surface area contributed by atoms with Gasteiger partial charge in [0, 0.05) is 5.56 Å². The van der Waals surface area contributed by atoms with E-state index in [1.165, 1.54) is 11.6 Å². The lowest BCUT2D eigenvalue weighted by Gasteiger charge is -2.14. The molecule has 0 aliphatic carbocycles. The van der Waals surface area contributed by atoms with Crippen molar-refractivity contribution in [2.45, 2.75) is 25.8 Å². The van der Waals surface area contributed by atoms with Crippen LogP contribution < -0.4 is 5.73 Å². The second-order valence-corrected chi connectivity index (χ2v) is 5.02. The van der Waals surface area contributed by atoms with E-state index in [-0.39, 0.29) is 5.02 Å². The molecule has 2 aromatic rings. The van der Waals surface area contributed by atoms with Crippen LogP contribution >= 0.6 is 11.6 Å². The molecule has 0 amide bonds. The summed E-state index contributed by atoms with van der Waals surface area (Å²) in [6.45, 7) is 2.14. The summed E-state index contributed by atoms with van der Waals surface area (Å²) in [6, 6.07) is 12.4. The summed E-state index contributed by atoms with van der Waals surface area (Å²) in [4.78, 5) is 0. The third-order valence-electron chi connectivity index (χ3n) is 3.19. The Kier molecular flexibility index (Phi) is 4.56. The number of halogens is 2. The summed E-state index contributed by atoms with van der Waals surface area (Å²) in [5, 5.41) is 0.107. The van der Waals surface area contributed by atoms with E-state index in [1.54, 1.807) is 12.1 Å². The van der Waals surface area contributed by atoms with Crippen molar-refractivity contribution >= 4 is 11.6 Å². The fraction of sp³-hybridized carbons (Fsp3) is 0.250. The highest BCUT2D eigenvalue weighted by Crippen LogP contribution is 2.26. The lowest BCUT2D eigenvalue weighted by molar-refractivity contribution is 0.600. The van der Waals surface area contributed by atoms with E-state index in [0.29, 0.717) is 5.56 Å². The SMILES string of the molecule is CCCc1ccc(C(N)c2cccc(Cl)c2F)cc1. The van der Waals surface area contributed by atoms with Crippen molar-refractivity contribution in [3.05, 3.63) is 70.0 Å². The van der Waals surface area contributed by atoms with Crippen LogP contribution in [0.5, 0.6) is 0 Å². The van der Waals surface area contributed by atoms with Gasteiger partial charge >= 0.3 is 0 Å². The molecule has 0 fully saturated rings. The molecule has 0 aliphatic rings. The first kappa shape index (κ1) is 14.0. The Morgan fingerprint density at radius 3 is 2.47 bits per heavy atom. The van der Waals surface area contributed by atoms with Gasteiger partial charge in [0.1, 0.15) is 5.82 Å². The quantitative estimate of drug-likeness (QED) is 0.876. The zero-order chi connectivity index (χ0) is 13.8. The summed E-state index contributed by atoms with van der Waals surface area (Å²) >= 11 is 5.78. The molecule has 100 valence electrons. The Morgan fingerprint density at radius 2 is 1.84 bits per heavy atom. The van der Waals surface area contributed by atoms with Crippen molar-refractivity contribution in [3.63, 3.8) is 0 Å². The number of nitrogens with two attached hydrogens (primary N) is 1. The largest absolute Gasteiger partial charge is 0.320 e. The Labute approximate surface area is 118 Å². The first-order valence-corrected chi connectivity index (χ1v) is 6.79. The van der Waals surface area contributed by atoms with Crippen LogP contribution in [0.2, 0.25) is 5.02 Å². The molecule has 0 saturated heterocycles. The minimum atomic E-state index is -0.491. The molecule has 0 saturated carbocycles. The van der Waals surface area contributed by atoms with E-state index in [9.17, 15) is 4.39 Å². The van der Waals surface area contributed by atoms with E-state index in [2.05, 4.69) is 6.92 Å². The number of benzene rings is 2. The van der Waals surface area contributed by atoms with Gasteiger partial charge in [-0.3, -0.25) is 0 Å². The zero-order valence-electron chi connectivity index (χ0n) is 10.9. The molecule has 19 heavy (non-hydrogen) atoms. The van der Waals surface area contributed by atoms with Crippen molar-refractivity contribution < 1.29 is 4.39 Å². The average molecular weight is 278 g/mol. The van der Waals surface area contributed by atoms with Crippen LogP contribution in [0.25, 0.3) is 0 Å². The molecule has 0 radical (unpaired) electrons. The highest BCUT2D eigenvalue weighted by atomic mass is 35.5. The summed E-state index contributed by atoms with van der Waals surface area (Å²) < 4.78 is 13.9. The minimum Gasteiger partial charge on any atom is -0.320 e. The number of rotatable bonds is 4. The molecular weight excluding hydrogens is 261 g/mol. The van der Waals surface area contributed by atoms with Gasteiger partial charge in [0.05, 0.1) is 11.1 Å². The molecule has 3 heteroatoms. The Bertz CT molecular complexity index is 551. The maximum Gasteiger partial charge on any atom is 0.146 e. The van der Waals surface area contributed by atoms with Crippen molar-refractivity contribution in [1.29, 1.82) is 0 Å². The number of hydrogen-bond donors (Lipinski definition) is 1. The first-order valence-electron chi connectivity index (χ1n) is 6.41. The third-order valence-corrected chi connectivity index (χ3v) is 3.49. The van der Waals surface area contributed by atoms with Crippen LogP contribution in [0.15, 0.2) is 42.5 Å². The average Bonchev–Trinajstić information content (AvgIpc) is 2.42. The zero-order valence-corrected chi connectivity index (χ0v) is 11.6. The standard InChI is InChI=1S/C16H17ClFN/c1-2-4-11-7-9-12(10-8-11)16(19)13-5-3-6-14(17)15(13)18/h3,5-10,16H,2,4,19H2,1H3. The van der Waals surface area contributed by atoms with Gasteiger partial charge in [0.25, 0.3) is 0 Å². The van der Waals surface area contributed by atoms with Gasteiger partial charge in [0.15, 0.2) is 0 Å². The van der Waals surface area contributed by atoms with Crippen LogP contribution in [0.4, 0.5) is 4.39 Å². The topological polar surface area (TPSA) is 26.0 Å². The number of aryl methyl sites for hydroxylation is 1. The lowest BCUT2D eigenvalue weighted by atomic mass is 9.97. The second kappa shape index (κ2) is 6.18. The fourth-order valence-corrected chi connectivity index (χ4v) is 2.30. The predicted molar refractivity (Wildman–Crippen MR) is 77.9 cm³/mol. The smallest absolute Gasteiger partial charge is 0.146 e. The molecular formula is C16H17ClFN. The second-order valence-electron chi connectivity index (χ2n) is 4.61. The van der Waals surface area contributed by atoms with Crippen LogP contribution in [-0.4, -0.2) is 0 Å². The van der Waals surface area contributed by atoms with Crippen LogP contribution in [-0.2, 0) is 6.42 Å². The van der Waals surface area contributed by atoms with Gasteiger partial charge < -0.3 is 5.73 Å². The van der Waals surface area contributed by atoms with Crippen molar-refractivity contribution in [2.24, 2.45) is 5.73 Å². The molecule has 0 spiro atoms. The van der Waals surface area contributed by atoms with Gasteiger partial charge in [-0.25, -0.2) is 4.39 Å². The van der Waals surface area contributed by atoms with Crippen LogP contribution in [0.1, 0.15) is 36.1 Å². The molecule has 0 bridgehead atoms. The summed E-state index contributed by atoms with van der Waals surface area (Å²) in [6.07, 6.45) is 2.15. The van der Waals surface area contributed by atoms with Gasteiger partial charge in [-0.2, -0.15) is 0 Å². The minimum absolute atomic E-state index is 0.107. The Morgan fingerprint density at radius 1 is 1.16 bits per heavy atom. The van der Waals surface area contributed by atoms with Crippen LogP contribution in [0.3, 0.4) is 0 Å². The normalized spacial score (nSPS) is 12.4. The highest BCUT2D eigenvalue weighted by Gasteiger charge is 2.15. The maximum absolute atomic E-state index is 13.9. The van der Waals surface area contributed by atoms with Gasteiger partial charge in [0.2, 0.25) is 0 Å². The fourth-order valence-electron chi connectivity index (χ4n) is 2.12. The lowest BCUT2D eigenvalue weighted by Crippen LogP contribution is -2.13. The summed E-state index contributed by atoms with van der Waals surface area (Å²) in [5.74, 6) is -0.436. The van der Waals surface area contributed by atoms with Gasteiger partial charge in [-0.1, -0.05) is 61.3 Å². The van der Waals surface area contributed by atoms with Gasteiger partial charge in [-0.15, -0.1) is 0 Å². The molecule has 2 aromatic carbocycles. The van der Waals surface area contributed by atoms with Crippen molar-refractivity contribution in [2.75, 3.05) is 0 Å². The van der Waals surface area contributed by atoms with Gasteiger partial charge in [-0.05, 0) is 23.6 Å². The maximum atomic E-state index is 13.9. The monoisotopic (exact) mass is 277 g/mol. The Hall–Kier alpha value is -1.38. The molecule has 1 unspecified atom stereocenters. The summed E-state index contributed by atoms with van der Waals surface area (Å²) in [5.41, 5.74) is 8.70. The Balaban J connectivity index is 2.28. The molecule has 0 aliphatic heterocycles. The molecule has 0 aromatic heterocycles. The van der Waals surface area contributed by atoms with E-state index in [1.807, 2.05) is 24.3 Å². The highest BCUT2D eigenvalue weighted by molar-refractivity contribution is 6.30. The van der Waals surface area contributed by atoms with E-state index in [4.69, 9.17) is 17.3 Å². The van der Waals surface area contributed by atoms with Crippen LogP contribution in [0, 0.1) is 5.82 Å². The van der Waals surface area contributed by atoms with E-state index in [0.717, 1.165) is 18.4 Å². The summed E-state index contributed by atoms with van der Waals surface area (Å²) in [7, 11) is 0. The molecule has 2 N–H and O–H groups in total. The predicted octanol–water partition coefficient (Wildman–Crippen LogP) is 4.48. The molecule has 1 nitrogen and oxygen atoms in total. The molecule has 2 rings (SSSR count). The van der Waals surface area contributed by atoms with Crippen molar-refractivity contribution in [3.8, 4) is 0 Å². The molecule has 0 heterocycles. The third kappa shape index (κ3) is 3.14. The van der Waals surface area contributed by atoms with E-state index >= 15 is 0 Å².